The molecule has 9 heteroatoms. The van der Waals surface area contributed by atoms with Gasteiger partial charge in [0.25, 0.3) is 0 Å². The number of hydrogen-bond acceptors (Lipinski definition) is 5. The lowest BCUT2D eigenvalue weighted by Crippen LogP contribution is -2.53. The van der Waals surface area contributed by atoms with Crippen molar-refractivity contribution in [2.24, 2.45) is 4.99 Å². The lowest BCUT2D eigenvalue weighted by molar-refractivity contribution is 0.372. The first-order chi connectivity index (χ1) is 14.1. The Labute approximate surface area is 172 Å². The fourth-order valence-electron chi connectivity index (χ4n) is 3.18. The SMILES string of the molecule is CN=C(NCCS(=O)(=O)NCc1ccccc1)N1CCN(c2ccccn2)CC1. The maximum atomic E-state index is 12.2. The smallest absolute Gasteiger partial charge is 0.213 e. The van der Waals surface area contributed by atoms with Crippen molar-refractivity contribution >= 4 is 21.8 Å². The number of pyridine rings is 1. The highest BCUT2D eigenvalue weighted by molar-refractivity contribution is 7.89. The van der Waals surface area contributed by atoms with Gasteiger partial charge in [-0.05, 0) is 17.7 Å². The Kier molecular flexibility index (Phi) is 7.42. The van der Waals surface area contributed by atoms with Crippen LogP contribution in [0.4, 0.5) is 5.82 Å². The van der Waals surface area contributed by atoms with Crippen molar-refractivity contribution in [3.8, 4) is 0 Å². The molecule has 1 saturated heterocycles. The largest absolute Gasteiger partial charge is 0.355 e. The molecule has 156 valence electrons. The zero-order valence-corrected chi connectivity index (χ0v) is 17.5. The predicted octanol–water partition coefficient (Wildman–Crippen LogP) is 0.899. The Hall–Kier alpha value is -2.65. The van der Waals surface area contributed by atoms with Crippen LogP contribution in [0, 0.1) is 0 Å². The number of anilines is 1. The van der Waals surface area contributed by atoms with Crippen molar-refractivity contribution in [2.75, 3.05) is 50.4 Å². The average molecular weight is 417 g/mol. The normalized spacial score (nSPS) is 15.4. The Balaban J connectivity index is 1.42. The molecule has 0 bridgehead atoms. The summed E-state index contributed by atoms with van der Waals surface area (Å²) in [5.74, 6) is 1.70. The van der Waals surface area contributed by atoms with E-state index >= 15 is 0 Å². The molecule has 0 unspecified atom stereocenters. The Morgan fingerprint density at radius 2 is 1.79 bits per heavy atom. The number of aliphatic imine (C=N–C) groups is 1. The first-order valence-electron chi connectivity index (χ1n) is 9.70. The minimum atomic E-state index is -3.36. The molecule has 1 aromatic heterocycles. The standard InChI is InChI=1S/C20H28N6O2S/c1-21-20(26-14-12-25(13-15-26)19-9-5-6-10-22-19)23-11-16-29(27,28)24-17-18-7-3-2-4-8-18/h2-10,24H,11-17H2,1H3,(H,21,23). The molecular formula is C20H28N6O2S. The Morgan fingerprint density at radius 3 is 2.45 bits per heavy atom. The lowest BCUT2D eigenvalue weighted by Gasteiger charge is -2.37. The first kappa shape index (κ1) is 21.1. The van der Waals surface area contributed by atoms with E-state index < -0.39 is 10.0 Å². The third-order valence-electron chi connectivity index (χ3n) is 4.76. The molecule has 1 aromatic carbocycles. The van der Waals surface area contributed by atoms with Gasteiger partial charge < -0.3 is 15.1 Å². The van der Waals surface area contributed by atoms with E-state index in [1.807, 2.05) is 48.5 Å². The highest BCUT2D eigenvalue weighted by Gasteiger charge is 2.20. The molecule has 3 rings (SSSR count). The van der Waals surface area contributed by atoms with E-state index in [-0.39, 0.29) is 5.75 Å². The van der Waals surface area contributed by atoms with Gasteiger partial charge in [0.05, 0.1) is 5.75 Å². The van der Waals surface area contributed by atoms with Gasteiger partial charge in [-0.2, -0.15) is 0 Å². The van der Waals surface area contributed by atoms with Gasteiger partial charge in [0, 0.05) is 52.5 Å². The van der Waals surface area contributed by atoms with Crippen LogP contribution in [0.2, 0.25) is 0 Å². The molecular weight excluding hydrogens is 388 g/mol. The van der Waals surface area contributed by atoms with E-state index in [0.717, 1.165) is 43.5 Å². The van der Waals surface area contributed by atoms with E-state index in [1.165, 1.54) is 0 Å². The van der Waals surface area contributed by atoms with Crippen molar-refractivity contribution in [2.45, 2.75) is 6.54 Å². The fourth-order valence-corrected chi connectivity index (χ4v) is 4.08. The molecule has 0 aliphatic carbocycles. The molecule has 2 aromatic rings. The molecule has 0 spiro atoms. The highest BCUT2D eigenvalue weighted by atomic mass is 32.2. The van der Waals surface area contributed by atoms with Gasteiger partial charge in [0.15, 0.2) is 5.96 Å². The quantitative estimate of drug-likeness (QED) is 0.515. The minimum absolute atomic E-state index is 0.00719. The molecule has 1 fully saturated rings. The monoisotopic (exact) mass is 416 g/mol. The first-order valence-corrected chi connectivity index (χ1v) is 11.4. The maximum absolute atomic E-state index is 12.2. The van der Waals surface area contributed by atoms with Gasteiger partial charge in [-0.3, -0.25) is 4.99 Å². The van der Waals surface area contributed by atoms with E-state index in [4.69, 9.17) is 0 Å². The number of nitrogens with one attached hydrogen (secondary N) is 2. The van der Waals surface area contributed by atoms with Crippen molar-refractivity contribution in [1.29, 1.82) is 0 Å². The summed E-state index contributed by atoms with van der Waals surface area (Å²) in [6.07, 6.45) is 1.80. The van der Waals surface area contributed by atoms with Gasteiger partial charge in [0.2, 0.25) is 10.0 Å². The second-order valence-corrected chi connectivity index (χ2v) is 8.69. The number of hydrogen-bond donors (Lipinski definition) is 2. The van der Waals surface area contributed by atoms with Crippen molar-refractivity contribution in [3.63, 3.8) is 0 Å². The molecule has 2 heterocycles. The maximum Gasteiger partial charge on any atom is 0.213 e. The van der Waals surface area contributed by atoms with Crippen molar-refractivity contribution in [3.05, 3.63) is 60.3 Å². The van der Waals surface area contributed by atoms with Gasteiger partial charge in [-0.25, -0.2) is 18.1 Å². The number of piperazine rings is 1. The number of guanidine groups is 1. The zero-order valence-electron chi connectivity index (χ0n) is 16.7. The highest BCUT2D eigenvalue weighted by Crippen LogP contribution is 2.12. The Morgan fingerprint density at radius 1 is 1.07 bits per heavy atom. The van der Waals surface area contributed by atoms with Crippen LogP contribution in [-0.4, -0.2) is 69.8 Å². The van der Waals surface area contributed by atoms with Crippen LogP contribution in [-0.2, 0) is 16.6 Å². The molecule has 0 radical (unpaired) electrons. The second kappa shape index (κ2) is 10.2. The molecule has 0 saturated carbocycles. The number of sulfonamides is 1. The number of rotatable bonds is 7. The Bertz CT molecular complexity index is 882. The number of benzene rings is 1. The van der Waals surface area contributed by atoms with Crippen molar-refractivity contribution in [1.82, 2.24) is 19.9 Å². The third kappa shape index (κ3) is 6.43. The van der Waals surface area contributed by atoms with E-state index in [1.54, 1.807) is 13.2 Å². The van der Waals surface area contributed by atoms with Crippen LogP contribution in [0.25, 0.3) is 0 Å². The summed E-state index contributed by atoms with van der Waals surface area (Å²) in [5, 5.41) is 3.17. The predicted molar refractivity (Wildman–Crippen MR) is 116 cm³/mol. The fraction of sp³-hybridized carbons (Fsp3) is 0.400. The number of nitrogens with zero attached hydrogens (tertiary/aromatic N) is 4. The molecule has 0 atom stereocenters. The molecule has 0 amide bonds. The molecule has 1 aliphatic rings. The topological polar surface area (TPSA) is 89.9 Å². The van der Waals surface area contributed by atoms with Crippen LogP contribution in [0.3, 0.4) is 0 Å². The second-order valence-electron chi connectivity index (χ2n) is 6.76. The van der Waals surface area contributed by atoms with Crippen molar-refractivity contribution < 1.29 is 8.42 Å². The summed E-state index contributed by atoms with van der Waals surface area (Å²) in [7, 11) is -1.64. The summed E-state index contributed by atoms with van der Waals surface area (Å²) >= 11 is 0. The van der Waals surface area contributed by atoms with Crippen LogP contribution in [0.1, 0.15) is 5.56 Å². The van der Waals surface area contributed by atoms with Gasteiger partial charge in [-0.15, -0.1) is 0 Å². The minimum Gasteiger partial charge on any atom is -0.355 e. The molecule has 2 N–H and O–H groups in total. The van der Waals surface area contributed by atoms with Crippen LogP contribution < -0.4 is 14.9 Å². The van der Waals surface area contributed by atoms with Crippen LogP contribution in [0.15, 0.2) is 59.7 Å². The van der Waals surface area contributed by atoms with Crippen LogP contribution in [0.5, 0.6) is 0 Å². The summed E-state index contributed by atoms with van der Waals surface area (Å²) in [4.78, 5) is 13.1. The van der Waals surface area contributed by atoms with E-state index in [9.17, 15) is 8.42 Å². The van der Waals surface area contributed by atoms with Gasteiger partial charge in [0.1, 0.15) is 5.82 Å². The molecule has 1 aliphatic heterocycles. The summed E-state index contributed by atoms with van der Waals surface area (Å²) in [6.45, 7) is 3.89. The van der Waals surface area contributed by atoms with E-state index in [2.05, 4.69) is 29.8 Å². The van der Waals surface area contributed by atoms with E-state index in [0.29, 0.717) is 13.1 Å². The third-order valence-corrected chi connectivity index (χ3v) is 6.08. The molecule has 8 nitrogen and oxygen atoms in total. The average Bonchev–Trinajstić information content (AvgIpc) is 2.77. The molecule has 29 heavy (non-hydrogen) atoms. The lowest BCUT2D eigenvalue weighted by atomic mass is 10.2. The van der Waals surface area contributed by atoms with Gasteiger partial charge >= 0.3 is 0 Å². The summed E-state index contributed by atoms with van der Waals surface area (Å²) in [6, 6.07) is 15.4. The van der Waals surface area contributed by atoms with Gasteiger partial charge in [-0.1, -0.05) is 36.4 Å². The zero-order chi connectivity index (χ0) is 20.5. The number of aromatic nitrogens is 1. The summed E-state index contributed by atoms with van der Waals surface area (Å²) in [5.41, 5.74) is 0.936. The summed E-state index contributed by atoms with van der Waals surface area (Å²) < 4.78 is 27.1. The van der Waals surface area contributed by atoms with Crippen LogP contribution >= 0.6 is 0 Å².